The van der Waals surface area contributed by atoms with E-state index in [1.54, 1.807) is 20.8 Å². The van der Waals surface area contributed by atoms with E-state index < -0.39 is 23.8 Å². The molecule has 0 N–H and O–H groups in total. The number of fused-ring (bicyclic) bond motifs is 1. The van der Waals surface area contributed by atoms with Gasteiger partial charge in [0.2, 0.25) is 0 Å². The predicted octanol–water partition coefficient (Wildman–Crippen LogP) is 1.37. The summed E-state index contributed by atoms with van der Waals surface area (Å²) < 4.78 is 21.8. The molecule has 3 rings (SSSR count). The summed E-state index contributed by atoms with van der Waals surface area (Å²) in [6, 6.07) is 0. The molecule has 0 aromatic heterocycles. The molecule has 6 unspecified atom stereocenters. The van der Waals surface area contributed by atoms with Crippen LogP contribution in [0.25, 0.3) is 0 Å². The first-order chi connectivity index (χ1) is 11.2. The van der Waals surface area contributed by atoms with Crippen molar-refractivity contribution in [2.75, 3.05) is 0 Å². The Balaban J connectivity index is 1.54. The summed E-state index contributed by atoms with van der Waals surface area (Å²) in [7, 11) is 0. The van der Waals surface area contributed by atoms with Crippen LogP contribution in [0.15, 0.2) is 0 Å². The third kappa shape index (κ3) is 3.01. The fourth-order valence-corrected chi connectivity index (χ4v) is 3.50. The fourth-order valence-electron chi connectivity index (χ4n) is 3.50. The van der Waals surface area contributed by atoms with Crippen LogP contribution in [0.4, 0.5) is 0 Å². The summed E-state index contributed by atoms with van der Waals surface area (Å²) in [5, 5.41) is 0. The Morgan fingerprint density at radius 2 is 2.04 bits per heavy atom. The van der Waals surface area contributed by atoms with Crippen molar-refractivity contribution < 1.29 is 33.3 Å². The average Bonchev–Trinajstić information content (AvgIpc) is 3.10. The number of rotatable bonds is 6. The van der Waals surface area contributed by atoms with E-state index in [0.29, 0.717) is 12.8 Å². The lowest BCUT2D eigenvalue weighted by molar-refractivity contribution is -0.172. The van der Waals surface area contributed by atoms with E-state index >= 15 is 0 Å². The molecule has 6 atom stereocenters. The van der Waals surface area contributed by atoms with Crippen molar-refractivity contribution in [1.29, 1.82) is 0 Å². The number of carbonyl (C=O) groups is 3. The fraction of sp³-hybridized carbons (Fsp3) is 0.824. The molecule has 3 heterocycles. The lowest BCUT2D eigenvalue weighted by atomic mass is 9.88. The van der Waals surface area contributed by atoms with Crippen LogP contribution in [-0.4, -0.2) is 47.9 Å². The number of ether oxygens (including phenoxy) is 4. The summed E-state index contributed by atoms with van der Waals surface area (Å²) >= 11 is 0. The van der Waals surface area contributed by atoms with Crippen LogP contribution >= 0.6 is 0 Å². The minimum Gasteiger partial charge on any atom is -0.459 e. The van der Waals surface area contributed by atoms with Crippen LogP contribution < -0.4 is 0 Å². The van der Waals surface area contributed by atoms with Crippen LogP contribution in [0.2, 0.25) is 0 Å². The highest BCUT2D eigenvalue weighted by atomic mass is 16.7. The molecule has 0 amide bonds. The van der Waals surface area contributed by atoms with Gasteiger partial charge >= 0.3 is 17.9 Å². The molecule has 3 aliphatic heterocycles. The van der Waals surface area contributed by atoms with E-state index in [-0.39, 0.29) is 42.4 Å². The summed E-state index contributed by atoms with van der Waals surface area (Å²) in [5.41, 5.74) is -0.953. The van der Waals surface area contributed by atoms with Crippen LogP contribution in [0.5, 0.6) is 0 Å². The molecule has 0 aromatic rings. The van der Waals surface area contributed by atoms with Crippen molar-refractivity contribution in [1.82, 2.24) is 0 Å². The van der Waals surface area contributed by atoms with Crippen LogP contribution in [-0.2, 0) is 33.3 Å². The molecule has 0 spiro atoms. The molecule has 134 valence electrons. The first-order valence-corrected chi connectivity index (χ1v) is 8.50. The first-order valence-electron chi connectivity index (χ1n) is 8.50. The number of hydrogen-bond acceptors (Lipinski definition) is 7. The molecule has 7 heteroatoms. The summed E-state index contributed by atoms with van der Waals surface area (Å²) in [6.45, 7) is 7.04. The Labute approximate surface area is 140 Å². The van der Waals surface area contributed by atoms with Crippen LogP contribution in [0.3, 0.4) is 0 Å². The highest BCUT2D eigenvalue weighted by molar-refractivity contribution is 5.78. The SMILES string of the molecule is CCC(C)C(=O)OC(C)(C)CC(=O)OC1C2CC3C(=O)OC1C3O2. The summed E-state index contributed by atoms with van der Waals surface area (Å²) in [4.78, 5) is 35.8. The molecule has 24 heavy (non-hydrogen) atoms. The second-order valence-corrected chi connectivity index (χ2v) is 7.50. The van der Waals surface area contributed by atoms with Gasteiger partial charge in [0.1, 0.15) is 11.7 Å². The monoisotopic (exact) mass is 340 g/mol. The average molecular weight is 340 g/mol. The highest BCUT2D eigenvalue weighted by Crippen LogP contribution is 2.47. The van der Waals surface area contributed by atoms with E-state index in [4.69, 9.17) is 18.9 Å². The molecule has 3 saturated heterocycles. The number of hydrogen-bond donors (Lipinski definition) is 0. The zero-order valence-corrected chi connectivity index (χ0v) is 14.4. The van der Waals surface area contributed by atoms with Crippen molar-refractivity contribution in [3.05, 3.63) is 0 Å². The van der Waals surface area contributed by atoms with E-state index in [9.17, 15) is 14.4 Å². The second kappa shape index (κ2) is 6.02. The number of carbonyl (C=O) groups excluding carboxylic acids is 3. The van der Waals surface area contributed by atoms with Crippen LogP contribution in [0.1, 0.15) is 47.0 Å². The maximum Gasteiger partial charge on any atom is 0.312 e. The largest absolute Gasteiger partial charge is 0.459 e. The minimum absolute atomic E-state index is 0.0623. The van der Waals surface area contributed by atoms with Gasteiger partial charge in [-0.25, -0.2) is 0 Å². The second-order valence-electron chi connectivity index (χ2n) is 7.50. The quantitative estimate of drug-likeness (QED) is 0.533. The van der Waals surface area contributed by atoms with Crippen molar-refractivity contribution >= 4 is 17.9 Å². The topological polar surface area (TPSA) is 88.1 Å². The molecule has 2 bridgehead atoms. The van der Waals surface area contributed by atoms with Crippen molar-refractivity contribution in [2.45, 2.75) is 77.0 Å². The van der Waals surface area contributed by atoms with Crippen molar-refractivity contribution in [3.63, 3.8) is 0 Å². The molecule has 0 radical (unpaired) electrons. The zero-order valence-electron chi connectivity index (χ0n) is 14.4. The van der Waals surface area contributed by atoms with Gasteiger partial charge < -0.3 is 18.9 Å². The van der Waals surface area contributed by atoms with Crippen molar-refractivity contribution in [3.8, 4) is 0 Å². The third-order valence-electron chi connectivity index (χ3n) is 5.01. The standard InChI is InChI=1S/C17H24O7/c1-5-8(2)15(19)24-17(3,4)7-11(18)22-13-10-6-9-12(21-10)14(13)23-16(9)20/h8-10,12-14H,5-7H2,1-4H3. The lowest BCUT2D eigenvalue weighted by Crippen LogP contribution is -2.41. The van der Waals surface area contributed by atoms with Gasteiger partial charge in [0.05, 0.1) is 24.4 Å². The Bertz CT molecular complexity index is 555. The van der Waals surface area contributed by atoms with Gasteiger partial charge in [-0.05, 0) is 26.7 Å². The maximum atomic E-state index is 12.3. The first kappa shape index (κ1) is 17.2. The molecule has 7 nitrogen and oxygen atoms in total. The molecule has 0 saturated carbocycles. The van der Waals surface area contributed by atoms with Gasteiger partial charge in [-0.1, -0.05) is 13.8 Å². The molecule has 0 aromatic carbocycles. The van der Waals surface area contributed by atoms with Crippen molar-refractivity contribution in [2.24, 2.45) is 11.8 Å². The van der Waals surface area contributed by atoms with E-state index in [2.05, 4.69) is 0 Å². The van der Waals surface area contributed by atoms with Gasteiger partial charge in [-0.15, -0.1) is 0 Å². The van der Waals surface area contributed by atoms with Gasteiger partial charge in [0, 0.05) is 0 Å². The molecular weight excluding hydrogens is 316 g/mol. The Morgan fingerprint density at radius 3 is 2.71 bits per heavy atom. The van der Waals surface area contributed by atoms with Gasteiger partial charge in [-0.2, -0.15) is 0 Å². The number of esters is 3. The Morgan fingerprint density at radius 1 is 1.33 bits per heavy atom. The Hall–Kier alpha value is -1.63. The van der Waals surface area contributed by atoms with E-state index in [0.717, 1.165) is 0 Å². The Kier molecular flexibility index (Phi) is 4.32. The smallest absolute Gasteiger partial charge is 0.312 e. The van der Waals surface area contributed by atoms with E-state index in [1.807, 2.05) is 6.92 Å². The minimum atomic E-state index is -0.953. The molecule has 3 fully saturated rings. The summed E-state index contributed by atoms with van der Waals surface area (Å²) in [6.07, 6.45) is -0.502. The van der Waals surface area contributed by atoms with Gasteiger partial charge in [0.25, 0.3) is 0 Å². The summed E-state index contributed by atoms with van der Waals surface area (Å²) in [5.74, 6) is -1.52. The van der Waals surface area contributed by atoms with Crippen LogP contribution in [0, 0.1) is 11.8 Å². The van der Waals surface area contributed by atoms with E-state index in [1.165, 1.54) is 0 Å². The zero-order chi connectivity index (χ0) is 17.6. The highest BCUT2D eigenvalue weighted by Gasteiger charge is 2.65. The maximum absolute atomic E-state index is 12.3. The molecule has 0 aliphatic carbocycles. The predicted molar refractivity (Wildman–Crippen MR) is 80.8 cm³/mol. The van der Waals surface area contributed by atoms with Gasteiger partial charge in [0.15, 0.2) is 12.2 Å². The molecular formula is C17H24O7. The molecule has 3 aliphatic rings. The third-order valence-corrected chi connectivity index (χ3v) is 5.01. The van der Waals surface area contributed by atoms with Gasteiger partial charge in [-0.3, -0.25) is 14.4 Å². The normalized spacial score (nSPS) is 34.8. The lowest BCUT2D eigenvalue weighted by Gasteiger charge is -2.28.